The molecular formula is C16H14N2O5. The summed E-state index contributed by atoms with van der Waals surface area (Å²) in [5.41, 5.74) is 4.83. The summed E-state index contributed by atoms with van der Waals surface area (Å²) in [6, 6.07) is 13.9. The van der Waals surface area contributed by atoms with Crippen LogP contribution in [0.3, 0.4) is 0 Å². The maximum atomic E-state index is 11.7. The summed E-state index contributed by atoms with van der Waals surface area (Å²) in [5.74, 6) is -2.02. The molecule has 0 aromatic heterocycles. The van der Waals surface area contributed by atoms with Crippen LogP contribution in [0, 0.1) is 0 Å². The van der Waals surface area contributed by atoms with Crippen molar-refractivity contribution in [3.63, 3.8) is 0 Å². The SMILES string of the molecule is O=C(COC(=O)c1cccc(O)c1)NNC(=O)c1ccccc1. The topological polar surface area (TPSA) is 105 Å². The van der Waals surface area contributed by atoms with Crippen molar-refractivity contribution in [3.05, 3.63) is 65.7 Å². The molecule has 0 bridgehead atoms. The predicted molar refractivity (Wildman–Crippen MR) is 80.4 cm³/mol. The van der Waals surface area contributed by atoms with Gasteiger partial charge in [-0.2, -0.15) is 0 Å². The number of rotatable bonds is 4. The fourth-order valence-corrected chi connectivity index (χ4v) is 1.67. The average molecular weight is 314 g/mol. The first-order valence-electron chi connectivity index (χ1n) is 6.66. The van der Waals surface area contributed by atoms with Gasteiger partial charge in [0.1, 0.15) is 5.75 Å². The van der Waals surface area contributed by atoms with Crippen molar-refractivity contribution in [2.24, 2.45) is 0 Å². The smallest absolute Gasteiger partial charge is 0.338 e. The Morgan fingerprint density at radius 1 is 0.913 bits per heavy atom. The number of carbonyl (C=O) groups is 3. The summed E-state index contributed by atoms with van der Waals surface area (Å²) in [7, 11) is 0. The summed E-state index contributed by atoms with van der Waals surface area (Å²) < 4.78 is 4.77. The van der Waals surface area contributed by atoms with Crippen molar-refractivity contribution < 1.29 is 24.2 Å². The highest BCUT2D eigenvalue weighted by Crippen LogP contribution is 2.11. The van der Waals surface area contributed by atoms with Crippen LogP contribution in [0.1, 0.15) is 20.7 Å². The lowest BCUT2D eigenvalue weighted by molar-refractivity contribution is -0.125. The Balaban J connectivity index is 1.77. The first-order chi connectivity index (χ1) is 11.1. The van der Waals surface area contributed by atoms with Crippen LogP contribution in [0.25, 0.3) is 0 Å². The molecule has 3 N–H and O–H groups in total. The van der Waals surface area contributed by atoms with Crippen LogP contribution in [-0.2, 0) is 9.53 Å². The van der Waals surface area contributed by atoms with E-state index in [2.05, 4.69) is 10.9 Å². The van der Waals surface area contributed by atoms with E-state index in [0.717, 1.165) is 0 Å². The van der Waals surface area contributed by atoms with Gasteiger partial charge in [0, 0.05) is 5.56 Å². The molecule has 7 nitrogen and oxygen atoms in total. The first kappa shape index (κ1) is 16.0. The van der Waals surface area contributed by atoms with Crippen molar-refractivity contribution in [1.29, 1.82) is 0 Å². The Bertz CT molecular complexity index is 715. The van der Waals surface area contributed by atoms with Gasteiger partial charge in [0.2, 0.25) is 0 Å². The van der Waals surface area contributed by atoms with Crippen molar-refractivity contribution >= 4 is 17.8 Å². The van der Waals surface area contributed by atoms with Crippen molar-refractivity contribution in [3.8, 4) is 5.75 Å². The number of aromatic hydroxyl groups is 1. The normalized spacial score (nSPS) is 9.74. The number of phenolic OH excluding ortho intramolecular Hbond substituents is 1. The van der Waals surface area contributed by atoms with Gasteiger partial charge < -0.3 is 9.84 Å². The molecule has 23 heavy (non-hydrogen) atoms. The minimum absolute atomic E-state index is 0.0842. The zero-order valence-corrected chi connectivity index (χ0v) is 12.0. The maximum Gasteiger partial charge on any atom is 0.338 e. The lowest BCUT2D eigenvalue weighted by Gasteiger charge is -2.08. The number of carbonyl (C=O) groups excluding carboxylic acids is 3. The molecule has 2 aromatic carbocycles. The summed E-state index contributed by atoms with van der Waals surface area (Å²) in [6.45, 7) is -0.566. The largest absolute Gasteiger partial charge is 0.508 e. The second-order valence-corrected chi connectivity index (χ2v) is 4.49. The molecule has 0 heterocycles. The fraction of sp³-hybridized carbons (Fsp3) is 0.0625. The molecule has 2 aromatic rings. The molecule has 0 aliphatic heterocycles. The monoisotopic (exact) mass is 314 g/mol. The van der Waals surface area contributed by atoms with Gasteiger partial charge >= 0.3 is 5.97 Å². The number of benzene rings is 2. The molecule has 0 spiro atoms. The van der Waals surface area contributed by atoms with E-state index in [1.807, 2.05) is 0 Å². The second-order valence-electron chi connectivity index (χ2n) is 4.49. The quantitative estimate of drug-likeness (QED) is 0.577. The Labute approximate surface area is 131 Å². The highest BCUT2D eigenvalue weighted by molar-refractivity contribution is 5.96. The number of hydrogen-bond acceptors (Lipinski definition) is 5. The van der Waals surface area contributed by atoms with Crippen molar-refractivity contribution in [1.82, 2.24) is 10.9 Å². The van der Waals surface area contributed by atoms with E-state index in [0.29, 0.717) is 5.56 Å². The minimum atomic E-state index is -0.759. The summed E-state index contributed by atoms with van der Waals surface area (Å²) in [5, 5.41) is 9.26. The molecule has 0 unspecified atom stereocenters. The summed E-state index contributed by atoms with van der Waals surface area (Å²) >= 11 is 0. The third-order valence-electron chi connectivity index (χ3n) is 2.77. The molecule has 7 heteroatoms. The van der Waals surface area contributed by atoms with Crippen LogP contribution < -0.4 is 10.9 Å². The number of hydrogen-bond donors (Lipinski definition) is 3. The predicted octanol–water partition coefficient (Wildman–Crippen LogP) is 1.01. The molecule has 0 saturated heterocycles. The Morgan fingerprint density at radius 3 is 2.30 bits per heavy atom. The van der Waals surface area contributed by atoms with E-state index in [9.17, 15) is 19.5 Å². The number of esters is 1. The van der Waals surface area contributed by atoms with Gasteiger partial charge in [0.15, 0.2) is 6.61 Å². The van der Waals surface area contributed by atoms with Crippen LogP contribution >= 0.6 is 0 Å². The van der Waals surface area contributed by atoms with E-state index in [4.69, 9.17) is 4.74 Å². The third-order valence-corrected chi connectivity index (χ3v) is 2.77. The van der Waals surface area contributed by atoms with Crippen molar-refractivity contribution in [2.45, 2.75) is 0 Å². The van der Waals surface area contributed by atoms with Gasteiger partial charge in [-0.3, -0.25) is 20.4 Å². The van der Waals surface area contributed by atoms with E-state index < -0.39 is 24.4 Å². The molecule has 0 saturated carbocycles. The molecule has 0 aliphatic rings. The van der Waals surface area contributed by atoms with E-state index in [-0.39, 0.29) is 11.3 Å². The number of hydrazine groups is 1. The van der Waals surface area contributed by atoms with E-state index in [1.54, 1.807) is 30.3 Å². The highest BCUT2D eigenvalue weighted by Gasteiger charge is 2.11. The van der Waals surface area contributed by atoms with E-state index in [1.165, 1.54) is 24.3 Å². The van der Waals surface area contributed by atoms with Gasteiger partial charge in [0.25, 0.3) is 11.8 Å². The van der Waals surface area contributed by atoms with Gasteiger partial charge in [0.05, 0.1) is 5.56 Å². The zero-order chi connectivity index (χ0) is 16.7. The lowest BCUT2D eigenvalue weighted by atomic mass is 10.2. The molecule has 0 radical (unpaired) electrons. The molecular weight excluding hydrogens is 300 g/mol. The van der Waals surface area contributed by atoms with Gasteiger partial charge in [-0.1, -0.05) is 24.3 Å². The number of amides is 2. The van der Waals surface area contributed by atoms with Gasteiger partial charge in [-0.05, 0) is 30.3 Å². The molecule has 2 rings (SSSR count). The van der Waals surface area contributed by atoms with Crippen LogP contribution in [0.5, 0.6) is 5.75 Å². The number of ether oxygens (including phenoxy) is 1. The zero-order valence-electron chi connectivity index (χ0n) is 12.0. The molecule has 0 fully saturated rings. The minimum Gasteiger partial charge on any atom is -0.508 e. The molecule has 118 valence electrons. The van der Waals surface area contributed by atoms with Gasteiger partial charge in [-0.25, -0.2) is 4.79 Å². The second kappa shape index (κ2) is 7.60. The Kier molecular flexibility index (Phi) is 5.30. The fourth-order valence-electron chi connectivity index (χ4n) is 1.67. The number of phenols is 1. The number of nitrogens with one attached hydrogen (secondary N) is 2. The molecule has 0 aliphatic carbocycles. The third kappa shape index (κ3) is 4.85. The van der Waals surface area contributed by atoms with Gasteiger partial charge in [-0.15, -0.1) is 0 Å². The van der Waals surface area contributed by atoms with Crippen LogP contribution in [-0.4, -0.2) is 29.5 Å². The van der Waals surface area contributed by atoms with Crippen molar-refractivity contribution in [2.75, 3.05) is 6.61 Å². The highest BCUT2D eigenvalue weighted by atomic mass is 16.5. The van der Waals surface area contributed by atoms with E-state index >= 15 is 0 Å². The maximum absolute atomic E-state index is 11.7. The lowest BCUT2D eigenvalue weighted by Crippen LogP contribution is -2.43. The van der Waals surface area contributed by atoms with Crippen LogP contribution in [0.2, 0.25) is 0 Å². The van der Waals surface area contributed by atoms with Crippen LogP contribution in [0.4, 0.5) is 0 Å². The first-order valence-corrected chi connectivity index (χ1v) is 6.66. The average Bonchev–Trinajstić information content (AvgIpc) is 2.58. The van der Waals surface area contributed by atoms with Crippen LogP contribution in [0.15, 0.2) is 54.6 Å². The summed E-state index contributed by atoms with van der Waals surface area (Å²) in [6.07, 6.45) is 0. The standard InChI is InChI=1S/C16H14N2O5/c19-13-8-4-7-12(9-13)16(22)23-10-14(20)17-18-15(21)11-5-2-1-3-6-11/h1-9,19H,10H2,(H,17,20)(H,18,21). The Morgan fingerprint density at radius 2 is 1.61 bits per heavy atom. The molecule has 2 amide bonds. The molecule has 0 atom stereocenters. The Hall–Kier alpha value is -3.35. The summed E-state index contributed by atoms with van der Waals surface area (Å²) in [4.78, 5) is 34.9.